The summed E-state index contributed by atoms with van der Waals surface area (Å²) in [5, 5.41) is 5.50. The van der Waals surface area contributed by atoms with E-state index < -0.39 is 0 Å². The quantitative estimate of drug-likeness (QED) is 0.747. The van der Waals surface area contributed by atoms with Gasteiger partial charge in [-0.15, -0.1) is 0 Å². The number of pyridine rings is 1. The fourth-order valence-electron chi connectivity index (χ4n) is 2.37. The molecule has 3 aromatic rings. The van der Waals surface area contributed by atoms with Gasteiger partial charge in [-0.25, -0.2) is 19.7 Å². The summed E-state index contributed by atoms with van der Waals surface area (Å²) in [5.41, 5.74) is 2.67. The SMILES string of the molecule is COCc1nccc(NC(=O)NCc2c(C)nc3ccccn23)n1. The van der Waals surface area contributed by atoms with E-state index in [1.165, 1.54) is 0 Å². The Morgan fingerprint density at radius 3 is 3.00 bits per heavy atom. The highest BCUT2D eigenvalue weighted by molar-refractivity contribution is 5.88. The van der Waals surface area contributed by atoms with Gasteiger partial charge in [-0.2, -0.15) is 0 Å². The average molecular weight is 326 g/mol. The van der Waals surface area contributed by atoms with Gasteiger partial charge in [0.1, 0.15) is 18.1 Å². The highest BCUT2D eigenvalue weighted by atomic mass is 16.5. The van der Waals surface area contributed by atoms with E-state index in [9.17, 15) is 4.79 Å². The first-order valence-electron chi connectivity index (χ1n) is 7.45. The van der Waals surface area contributed by atoms with Crippen molar-refractivity contribution in [1.29, 1.82) is 0 Å². The van der Waals surface area contributed by atoms with E-state index in [0.717, 1.165) is 17.0 Å². The fraction of sp³-hybridized carbons (Fsp3) is 0.250. The van der Waals surface area contributed by atoms with E-state index in [4.69, 9.17) is 4.74 Å². The summed E-state index contributed by atoms with van der Waals surface area (Å²) in [6.45, 7) is 2.57. The van der Waals surface area contributed by atoms with Crippen LogP contribution in [0, 0.1) is 6.92 Å². The summed E-state index contributed by atoms with van der Waals surface area (Å²) in [6.07, 6.45) is 3.50. The first-order chi connectivity index (χ1) is 11.7. The fourth-order valence-corrected chi connectivity index (χ4v) is 2.37. The molecule has 0 bridgehead atoms. The van der Waals surface area contributed by atoms with Gasteiger partial charge in [0.05, 0.1) is 17.9 Å². The molecule has 8 nitrogen and oxygen atoms in total. The van der Waals surface area contributed by atoms with Crippen LogP contribution in [0.1, 0.15) is 17.2 Å². The smallest absolute Gasteiger partial charge is 0.320 e. The lowest BCUT2D eigenvalue weighted by molar-refractivity contribution is 0.178. The molecule has 0 unspecified atom stereocenters. The Hall–Kier alpha value is -3.00. The maximum Gasteiger partial charge on any atom is 0.320 e. The van der Waals surface area contributed by atoms with E-state index >= 15 is 0 Å². The van der Waals surface area contributed by atoms with Gasteiger partial charge in [0.25, 0.3) is 0 Å². The van der Waals surface area contributed by atoms with Gasteiger partial charge >= 0.3 is 6.03 Å². The molecule has 0 aromatic carbocycles. The van der Waals surface area contributed by atoms with Crippen LogP contribution in [-0.4, -0.2) is 32.5 Å². The first-order valence-corrected chi connectivity index (χ1v) is 7.45. The van der Waals surface area contributed by atoms with E-state index in [0.29, 0.717) is 18.2 Å². The molecule has 8 heteroatoms. The zero-order valence-electron chi connectivity index (χ0n) is 13.5. The van der Waals surface area contributed by atoms with E-state index in [-0.39, 0.29) is 12.6 Å². The van der Waals surface area contributed by atoms with Crippen molar-refractivity contribution in [3.05, 3.63) is 53.9 Å². The van der Waals surface area contributed by atoms with Crippen LogP contribution in [-0.2, 0) is 17.9 Å². The number of hydrogen-bond acceptors (Lipinski definition) is 5. The molecule has 0 fully saturated rings. The molecule has 124 valence electrons. The highest BCUT2D eigenvalue weighted by Gasteiger charge is 2.10. The topological polar surface area (TPSA) is 93.4 Å². The third-order valence-corrected chi connectivity index (χ3v) is 3.47. The second-order valence-electron chi connectivity index (χ2n) is 5.17. The molecule has 24 heavy (non-hydrogen) atoms. The maximum atomic E-state index is 12.1. The minimum Gasteiger partial charge on any atom is -0.377 e. The predicted octanol–water partition coefficient (Wildman–Crippen LogP) is 1.90. The van der Waals surface area contributed by atoms with Crippen molar-refractivity contribution >= 4 is 17.5 Å². The third kappa shape index (κ3) is 3.49. The van der Waals surface area contributed by atoms with Gasteiger partial charge in [-0.3, -0.25) is 5.32 Å². The van der Waals surface area contributed by atoms with E-state index in [2.05, 4.69) is 25.6 Å². The van der Waals surface area contributed by atoms with Crippen LogP contribution >= 0.6 is 0 Å². The van der Waals surface area contributed by atoms with Crippen LogP contribution in [0.2, 0.25) is 0 Å². The van der Waals surface area contributed by atoms with Gasteiger partial charge in [-0.1, -0.05) is 6.07 Å². The molecule has 2 amide bonds. The molecule has 0 atom stereocenters. The number of anilines is 1. The van der Waals surface area contributed by atoms with Crippen molar-refractivity contribution in [2.75, 3.05) is 12.4 Å². The first kappa shape index (κ1) is 15.9. The number of methoxy groups -OCH3 is 1. The molecule has 0 radical (unpaired) electrons. The number of carbonyl (C=O) groups is 1. The Morgan fingerprint density at radius 1 is 1.29 bits per heavy atom. The number of amides is 2. The van der Waals surface area contributed by atoms with Gasteiger partial charge in [0.2, 0.25) is 0 Å². The molecule has 3 aromatic heterocycles. The van der Waals surface area contributed by atoms with Gasteiger partial charge in [-0.05, 0) is 25.1 Å². The third-order valence-electron chi connectivity index (χ3n) is 3.47. The van der Waals surface area contributed by atoms with Crippen molar-refractivity contribution in [2.24, 2.45) is 0 Å². The maximum absolute atomic E-state index is 12.1. The summed E-state index contributed by atoms with van der Waals surface area (Å²) in [7, 11) is 1.56. The van der Waals surface area contributed by atoms with E-state index in [1.54, 1.807) is 19.4 Å². The summed E-state index contributed by atoms with van der Waals surface area (Å²) < 4.78 is 6.93. The number of ether oxygens (including phenoxy) is 1. The lowest BCUT2D eigenvalue weighted by Gasteiger charge is -2.08. The number of fused-ring (bicyclic) bond motifs is 1. The molecule has 3 heterocycles. The minimum absolute atomic E-state index is 0.290. The van der Waals surface area contributed by atoms with Crippen molar-refractivity contribution in [1.82, 2.24) is 24.7 Å². The second-order valence-corrected chi connectivity index (χ2v) is 5.17. The van der Waals surface area contributed by atoms with Crippen LogP contribution in [0.15, 0.2) is 36.7 Å². The Balaban J connectivity index is 1.65. The molecule has 0 aliphatic carbocycles. The van der Waals surface area contributed by atoms with Crippen molar-refractivity contribution in [2.45, 2.75) is 20.1 Å². The van der Waals surface area contributed by atoms with Crippen LogP contribution in [0.5, 0.6) is 0 Å². The van der Waals surface area contributed by atoms with Gasteiger partial charge < -0.3 is 14.5 Å². The summed E-state index contributed by atoms with van der Waals surface area (Å²) in [4.78, 5) is 24.8. The van der Waals surface area contributed by atoms with Crippen molar-refractivity contribution < 1.29 is 9.53 Å². The summed E-state index contributed by atoms with van der Waals surface area (Å²) in [6, 6.07) is 7.06. The predicted molar refractivity (Wildman–Crippen MR) is 88.5 cm³/mol. The molecular formula is C16H18N6O2. The molecule has 2 N–H and O–H groups in total. The number of hydrogen-bond donors (Lipinski definition) is 2. The van der Waals surface area contributed by atoms with Crippen LogP contribution in [0.25, 0.3) is 5.65 Å². The van der Waals surface area contributed by atoms with Crippen LogP contribution < -0.4 is 10.6 Å². The summed E-state index contributed by atoms with van der Waals surface area (Å²) >= 11 is 0. The van der Waals surface area contributed by atoms with Gasteiger partial charge in [0, 0.05) is 19.5 Å². The zero-order valence-corrected chi connectivity index (χ0v) is 13.5. The van der Waals surface area contributed by atoms with Crippen molar-refractivity contribution in [3.8, 4) is 0 Å². The molecule has 0 aliphatic rings. The van der Waals surface area contributed by atoms with E-state index in [1.807, 2.05) is 35.7 Å². The monoisotopic (exact) mass is 326 g/mol. The lowest BCUT2D eigenvalue weighted by Crippen LogP contribution is -2.29. The molecule has 0 saturated carbocycles. The largest absolute Gasteiger partial charge is 0.377 e. The lowest BCUT2D eigenvalue weighted by atomic mass is 10.3. The molecule has 0 aliphatic heterocycles. The van der Waals surface area contributed by atoms with Crippen LogP contribution in [0.3, 0.4) is 0 Å². The number of nitrogens with zero attached hydrogens (tertiary/aromatic N) is 4. The Morgan fingerprint density at radius 2 is 2.17 bits per heavy atom. The normalized spacial score (nSPS) is 10.8. The number of imidazole rings is 1. The number of aromatic nitrogens is 4. The van der Waals surface area contributed by atoms with Crippen molar-refractivity contribution in [3.63, 3.8) is 0 Å². The number of carbonyl (C=O) groups excluding carboxylic acids is 1. The number of aryl methyl sites for hydroxylation is 1. The Kier molecular flexibility index (Phi) is 4.66. The highest BCUT2D eigenvalue weighted by Crippen LogP contribution is 2.11. The number of nitrogens with one attached hydrogen (secondary N) is 2. The average Bonchev–Trinajstić information content (AvgIpc) is 2.89. The zero-order chi connectivity index (χ0) is 16.9. The second kappa shape index (κ2) is 7.05. The molecule has 3 rings (SSSR count). The van der Waals surface area contributed by atoms with Crippen LogP contribution in [0.4, 0.5) is 10.6 Å². The molecular weight excluding hydrogens is 308 g/mol. The molecule has 0 spiro atoms. The number of urea groups is 1. The Bertz CT molecular complexity index is 861. The molecule has 0 saturated heterocycles. The minimum atomic E-state index is -0.345. The number of rotatable bonds is 5. The van der Waals surface area contributed by atoms with Gasteiger partial charge in [0.15, 0.2) is 5.82 Å². The summed E-state index contributed by atoms with van der Waals surface area (Å²) in [5.74, 6) is 0.928. The standard InChI is InChI=1S/C16H18N6O2/c1-11-12(22-8-4-3-5-15(22)19-11)9-18-16(23)21-13-6-7-17-14(20-13)10-24-2/h3-8H,9-10H2,1-2H3,(H2,17,18,20,21,23). The Labute approximate surface area is 138 Å².